The third-order valence-corrected chi connectivity index (χ3v) is 4.48. The van der Waals surface area contributed by atoms with Crippen molar-refractivity contribution in [1.29, 1.82) is 0 Å². The number of carbonyl (C=O) groups excluding carboxylic acids is 1. The standard InChI is InChI=1S/C20H22N2O4/c1-4-20(24)22-17(14-7-5-6-8-18(14)23)12-16(21-22)15-11-13(25-2)9-10-19(15)26-3/h5-11,17,23H,4,12H2,1-3H3. The van der Waals surface area contributed by atoms with E-state index in [4.69, 9.17) is 9.47 Å². The Bertz CT molecular complexity index is 847. The molecular weight excluding hydrogens is 332 g/mol. The number of benzene rings is 2. The molecule has 6 heteroatoms. The second-order valence-electron chi connectivity index (χ2n) is 5.98. The van der Waals surface area contributed by atoms with Crippen LogP contribution < -0.4 is 9.47 Å². The van der Waals surface area contributed by atoms with Crippen molar-refractivity contribution in [1.82, 2.24) is 5.01 Å². The molecule has 1 amide bonds. The van der Waals surface area contributed by atoms with E-state index < -0.39 is 0 Å². The minimum Gasteiger partial charge on any atom is -0.508 e. The maximum atomic E-state index is 12.4. The summed E-state index contributed by atoms with van der Waals surface area (Å²) in [6.45, 7) is 1.80. The quantitative estimate of drug-likeness (QED) is 0.892. The highest BCUT2D eigenvalue weighted by Gasteiger charge is 2.34. The number of nitrogens with zero attached hydrogens (tertiary/aromatic N) is 2. The summed E-state index contributed by atoms with van der Waals surface area (Å²) in [7, 11) is 3.19. The van der Waals surface area contributed by atoms with Crippen LogP contribution in [0.25, 0.3) is 0 Å². The Morgan fingerprint density at radius 2 is 2.00 bits per heavy atom. The smallest absolute Gasteiger partial charge is 0.242 e. The number of hydrazone groups is 1. The molecule has 2 aromatic rings. The summed E-state index contributed by atoms with van der Waals surface area (Å²) < 4.78 is 10.8. The van der Waals surface area contributed by atoms with Crippen LogP contribution in [0.5, 0.6) is 17.2 Å². The van der Waals surface area contributed by atoms with E-state index in [0.29, 0.717) is 29.9 Å². The lowest BCUT2D eigenvalue weighted by molar-refractivity contribution is -0.132. The Balaban J connectivity index is 2.05. The van der Waals surface area contributed by atoms with Crippen LogP contribution in [0, 0.1) is 0 Å². The van der Waals surface area contributed by atoms with Crippen LogP contribution in [-0.4, -0.2) is 36.0 Å². The highest BCUT2D eigenvalue weighted by molar-refractivity contribution is 6.05. The number of hydrogen-bond donors (Lipinski definition) is 1. The van der Waals surface area contributed by atoms with Gasteiger partial charge in [0.15, 0.2) is 0 Å². The van der Waals surface area contributed by atoms with Crippen LogP contribution in [0.3, 0.4) is 0 Å². The predicted molar refractivity (Wildman–Crippen MR) is 98.7 cm³/mol. The van der Waals surface area contributed by atoms with Gasteiger partial charge < -0.3 is 14.6 Å². The zero-order valence-electron chi connectivity index (χ0n) is 15.1. The van der Waals surface area contributed by atoms with E-state index in [9.17, 15) is 9.90 Å². The molecular formula is C20H22N2O4. The molecule has 0 saturated heterocycles. The minimum atomic E-state index is -0.352. The van der Waals surface area contributed by atoms with E-state index in [0.717, 1.165) is 11.3 Å². The van der Waals surface area contributed by atoms with Gasteiger partial charge >= 0.3 is 0 Å². The topological polar surface area (TPSA) is 71.4 Å². The third-order valence-electron chi connectivity index (χ3n) is 4.48. The molecule has 136 valence electrons. The maximum Gasteiger partial charge on any atom is 0.242 e. The van der Waals surface area contributed by atoms with Crippen LogP contribution in [0.4, 0.5) is 0 Å². The summed E-state index contributed by atoms with van der Waals surface area (Å²) in [5, 5.41) is 16.3. The fourth-order valence-corrected chi connectivity index (χ4v) is 3.12. The molecule has 1 heterocycles. The molecule has 0 aliphatic carbocycles. The molecule has 1 aliphatic rings. The monoisotopic (exact) mass is 354 g/mol. The van der Waals surface area contributed by atoms with E-state index >= 15 is 0 Å². The third kappa shape index (κ3) is 3.22. The van der Waals surface area contributed by atoms with Crippen molar-refractivity contribution >= 4 is 11.6 Å². The SMILES string of the molecule is CCC(=O)N1N=C(c2cc(OC)ccc2OC)CC1c1ccccc1O. The van der Waals surface area contributed by atoms with Gasteiger partial charge in [-0.25, -0.2) is 5.01 Å². The van der Waals surface area contributed by atoms with Gasteiger partial charge in [-0.1, -0.05) is 25.1 Å². The number of methoxy groups -OCH3 is 2. The number of para-hydroxylation sites is 1. The lowest BCUT2D eigenvalue weighted by Gasteiger charge is -2.22. The Hall–Kier alpha value is -3.02. The second-order valence-corrected chi connectivity index (χ2v) is 5.98. The Morgan fingerprint density at radius 1 is 1.23 bits per heavy atom. The first kappa shape index (κ1) is 17.8. The normalized spacial score (nSPS) is 16.3. The molecule has 2 aromatic carbocycles. The number of phenols is 1. The van der Waals surface area contributed by atoms with E-state index in [2.05, 4.69) is 5.10 Å². The highest BCUT2D eigenvalue weighted by atomic mass is 16.5. The lowest BCUT2D eigenvalue weighted by atomic mass is 9.97. The molecule has 0 spiro atoms. The molecule has 0 fully saturated rings. The molecule has 6 nitrogen and oxygen atoms in total. The number of hydrogen-bond acceptors (Lipinski definition) is 5. The van der Waals surface area contributed by atoms with Crippen molar-refractivity contribution in [3.05, 3.63) is 53.6 Å². The largest absolute Gasteiger partial charge is 0.508 e. The summed E-state index contributed by atoms with van der Waals surface area (Å²) in [4.78, 5) is 12.4. The Kier molecular flexibility index (Phi) is 5.11. The fourth-order valence-electron chi connectivity index (χ4n) is 3.12. The van der Waals surface area contributed by atoms with E-state index in [1.807, 2.05) is 30.3 Å². The second kappa shape index (κ2) is 7.47. The van der Waals surface area contributed by atoms with Crippen molar-refractivity contribution in [2.75, 3.05) is 14.2 Å². The van der Waals surface area contributed by atoms with Crippen LogP contribution in [0.15, 0.2) is 47.6 Å². The van der Waals surface area contributed by atoms with Crippen LogP contribution in [0.2, 0.25) is 0 Å². The van der Waals surface area contributed by atoms with E-state index in [1.165, 1.54) is 5.01 Å². The number of rotatable bonds is 5. The Labute approximate surface area is 152 Å². The van der Waals surface area contributed by atoms with Gasteiger partial charge in [-0.3, -0.25) is 4.79 Å². The molecule has 1 aliphatic heterocycles. The van der Waals surface area contributed by atoms with Gasteiger partial charge in [0.1, 0.15) is 17.2 Å². The molecule has 3 rings (SSSR count). The van der Waals surface area contributed by atoms with E-state index in [1.54, 1.807) is 33.3 Å². The minimum absolute atomic E-state index is 0.102. The molecule has 1 N–H and O–H groups in total. The van der Waals surface area contributed by atoms with Gasteiger partial charge in [0, 0.05) is 24.0 Å². The van der Waals surface area contributed by atoms with Crippen molar-refractivity contribution in [3.8, 4) is 17.2 Å². The number of ether oxygens (including phenoxy) is 2. The number of phenolic OH excluding ortho intramolecular Hbond substituents is 1. The zero-order valence-corrected chi connectivity index (χ0v) is 15.1. The molecule has 1 unspecified atom stereocenters. The van der Waals surface area contributed by atoms with Crippen molar-refractivity contribution in [3.63, 3.8) is 0 Å². The maximum absolute atomic E-state index is 12.4. The molecule has 0 aromatic heterocycles. The molecule has 0 radical (unpaired) electrons. The van der Waals surface area contributed by atoms with E-state index in [-0.39, 0.29) is 17.7 Å². The van der Waals surface area contributed by atoms with Gasteiger partial charge in [0.05, 0.1) is 26.0 Å². The first-order valence-electron chi connectivity index (χ1n) is 8.48. The highest BCUT2D eigenvalue weighted by Crippen LogP contribution is 2.39. The first-order chi connectivity index (χ1) is 12.6. The molecule has 0 saturated carbocycles. The predicted octanol–water partition coefficient (Wildman–Crippen LogP) is 3.50. The van der Waals surface area contributed by atoms with Crippen molar-refractivity contribution < 1.29 is 19.4 Å². The van der Waals surface area contributed by atoms with Gasteiger partial charge in [-0.2, -0.15) is 5.10 Å². The average Bonchev–Trinajstić information content (AvgIpc) is 3.12. The Morgan fingerprint density at radius 3 is 2.65 bits per heavy atom. The lowest BCUT2D eigenvalue weighted by Crippen LogP contribution is -2.26. The first-order valence-corrected chi connectivity index (χ1v) is 8.48. The zero-order chi connectivity index (χ0) is 18.7. The van der Waals surface area contributed by atoms with Crippen LogP contribution in [-0.2, 0) is 4.79 Å². The van der Waals surface area contributed by atoms with Gasteiger partial charge in [-0.05, 0) is 24.3 Å². The van der Waals surface area contributed by atoms with Gasteiger partial charge in [0.25, 0.3) is 0 Å². The van der Waals surface area contributed by atoms with Crippen LogP contribution in [0.1, 0.15) is 36.9 Å². The molecule has 1 atom stereocenters. The summed E-state index contributed by atoms with van der Waals surface area (Å²) in [6, 6.07) is 12.2. The molecule has 0 bridgehead atoms. The van der Waals surface area contributed by atoms with Crippen molar-refractivity contribution in [2.45, 2.75) is 25.8 Å². The van der Waals surface area contributed by atoms with Crippen molar-refractivity contribution in [2.24, 2.45) is 5.10 Å². The number of carbonyl (C=O) groups is 1. The summed E-state index contributed by atoms with van der Waals surface area (Å²) in [5.74, 6) is 1.39. The fraction of sp³-hybridized carbons (Fsp3) is 0.300. The summed E-state index contributed by atoms with van der Waals surface area (Å²) >= 11 is 0. The summed E-state index contributed by atoms with van der Waals surface area (Å²) in [5.41, 5.74) is 2.17. The number of amides is 1. The summed E-state index contributed by atoms with van der Waals surface area (Å²) in [6.07, 6.45) is 0.808. The van der Waals surface area contributed by atoms with Gasteiger partial charge in [-0.15, -0.1) is 0 Å². The van der Waals surface area contributed by atoms with Crippen LogP contribution >= 0.6 is 0 Å². The molecule has 26 heavy (non-hydrogen) atoms. The van der Waals surface area contributed by atoms with Gasteiger partial charge in [0.2, 0.25) is 5.91 Å². The average molecular weight is 354 g/mol. The number of aromatic hydroxyl groups is 1.